The Balaban J connectivity index is 4.24. The molecule has 1 nitrogen and oxygen atoms in total. The van der Waals surface area contributed by atoms with Crippen molar-refractivity contribution >= 4 is 11.9 Å². The predicted octanol–water partition coefficient (Wildman–Crippen LogP) is 0.130. The third-order valence-corrected chi connectivity index (χ3v) is 9.62. The van der Waals surface area contributed by atoms with Crippen molar-refractivity contribution in [2.45, 2.75) is 13.8 Å². The van der Waals surface area contributed by atoms with Gasteiger partial charge in [-0.05, 0) is 0 Å². The fourth-order valence-electron chi connectivity index (χ4n) is 0.368. The van der Waals surface area contributed by atoms with E-state index in [0.717, 1.165) is 0 Å². The first-order chi connectivity index (χ1) is 4.46. The SMILES string of the molecule is CC(C)[C](=[W])[C](=[W])[C](O)=[W]. The van der Waals surface area contributed by atoms with Crippen LogP contribution in [0.15, 0.2) is 0 Å². The minimum atomic E-state index is 0.578. The molecule has 0 atom stereocenters. The molecule has 0 aromatic heterocycles. The predicted molar refractivity (Wildman–Crippen MR) is 31.8 cm³/mol. The first-order valence-electron chi connectivity index (χ1n) is 2.78. The van der Waals surface area contributed by atoms with Crippen LogP contribution in [0, 0.1) is 5.92 Å². The molecule has 0 bridgehead atoms. The van der Waals surface area contributed by atoms with Gasteiger partial charge in [0.1, 0.15) is 0 Å². The molecule has 0 fully saturated rings. The van der Waals surface area contributed by atoms with Crippen LogP contribution in [-0.2, 0) is 58.1 Å². The fraction of sp³-hybridized carbons (Fsp3) is 0.500. The topological polar surface area (TPSA) is 20.2 Å². The summed E-state index contributed by atoms with van der Waals surface area (Å²) in [6.45, 7) is 4.34. The number of aliphatic hydroxyl groups excluding tert-OH is 1. The number of aliphatic hydroxyl groups is 1. The maximum absolute atomic E-state index is 9.17. The van der Waals surface area contributed by atoms with E-state index in [1.165, 1.54) is 65.9 Å². The van der Waals surface area contributed by atoms with E-state index < -0.39 is 0 Å². The summed E-state index contributed by atoms with van der Waals surface area (Å²) in [5, 5.41) is 9.17. The summed E-state index contributed by atoms with van der Waals surface area (Å²) in [6.07, 6.45) is 0. The van der Waals surface area contributed by atoms with E-state index in [2.05, 4.69) is 13.8 Å². The quantitative estimate of drug-likeness (QED) is 0.463. The summed E-state index contributed by atoms with van der Waals surface area (Å²) in [7, 11) is 0. The van der Waals surface area contributed by atoms with Crippen LogP contribution in [0.4, 0.5) is 0 Å². The van der Waals surface area contributed by atoms with E-state index in [9.17, 15) is 5.11 Å². The molecule has 0 aliphatic carbocycles. The van der Waals surface area contributed by atoms with Gasteiger partial charge in [-0.3, -0.25) is 0 Å². The van der Waals surface area contributed by atoms with Gasteiger partial charge >= 0.3 is 94.8 Å². The Morgan fingerprint density at radius 3 is 1.70 bits per heavy atom. The molecule has 0 saturated heterocycles. The Morgan fingerprint density at radius 2 is 1.60 bits per heavy atom. The van der Waals surface area contributed by atoms with Crippen molar-refractivity contribution in [3.8, 4) is 0 Å². The van der Waals surface area contributed by atoms with Crippen LogP contribution in [0.2, 0.25) is 0 Å². The second-order valence-corrected chi connectivity index (χ2v) is 6.59. The van der Waals surface area contributed by atoms with Gasteiger partial charge in [-0.1, -0.05) is 0 Å². The number of hydrogen-bond donors (Lipinski definition) is 1. The first-order valence-corrected chi connectivity index (χ1v) is 7.18. The zero-order valence-electron chi connectivity index (χ0n) is 5.75. The van der Waals surface area contributed by atoms with E-state index in [4.69, 9.17) is 0 Å². The molecule has 56 valence electrons. The Bertz CT molecular complexity index is 183. The standard InChI is InChI=1S/C6H8O.3W/c1-6(2)4-3-5-7;;;/h6-7H,1-2H3;;;. The summed E-state index contributed by atoms with van der Waals surface area (Å²) in [5.41, 5.74) is 0. The summed E-state index contributed by atoms with van der Waals surface area (Å²) >= 11 is 4.06. The Morgan fingerprint density at radius 1 is 1.20 bits per heavy atom. The molecule has 0 unspecified atom stereocenters. The van der Waals surface area contributed by atoms with Gasteiger partial charge in [-0.15, -0.1) is 0 Å². The molecule has 1 N–H and O–H groups in total. The molecule has 4 heteroatoms. The molecule has 0 aromatic carbocycles. The average molecular weight is 648 g/mol. The van der Waals surface area contributed by atoms with E-state index in [-0.39, 0.29) is 0 Å². The molecule has 0 saturated carbocycles. The zero-order chi connectivity index (χ0) is 8.31. The fourth-order valence-corrected chi connectivity index (χ4v) is 2.97. The van der Waals surface area contributed by atoms with Gasteiger partial charge in [-0.2, -0.15) is 0 Å². The molecule has 10 heavy (non-hydrogen) atoms. The summed E-state index contributed by atoms with van der Waals surface area (Å²) in [6, 6.07) is 0. The van der Waals surface area contributed by atoms with E-state index >= 15 is 0 Å². The Kier molecular flexibility index (Phi) is 6.18. The van der Waals surface area contributed by atoms with Gasteiger partial charge < -0.3 is 0 Å². The molecular weight excluding hydrogens is 640 g/mol. The van der Waals surface area contributed by atoms with Gasteiger partial charge in [-0.25, -0.2) is 0 Å². The van der Waals surface area contributed by atoms with Crippen LogP contribution < -0.4 is 0 Å². The maximum atomic E-state index is 9.17. The second kappa shape index (κ2) is 5.31. The minimum absolute atomic E-state index is 0.578. The summed E-state index contributed by atoms with van der Waals surface area (Å²) < 4.78 is 3.16. The molecule has 0 rings (SSSR count). The summed E-state index contributed by atoms with van der Waals surface area (Å²) in [5.74, 6) is 0.601. The molecule has 0 spiro atoms. The van der Waals surface area contributed by atoms with E-state index in [0.29, 0.717) is 10.0 Å². The molecule has 0 amide bonds. The third-order valence-electron chi connectivity index (χ3n) is 0.942. The zero-order valence-corrected chi connectivity index (χ0v) is 14.5. The van der Waals surface area contributed by atoms with Crippen molar-refractivity contribution in [2.24, 2.45) is 5.92 Å². The van der Waals surface area contributed by atoms with Crippen LogP contribution in [0.5, 0.6) is 0 Å². The van der Waals surface area contributed by atoms with Gasteiger partial charge in [0.2, 0.25) is 0 Å². The average Bonchev–Trinajstić information content (AvgIpc) is 1.84. The second-order valence-electron chi connectivity index (χ2n) is 2.15. The third kappa shape index (κ3) is 3.86. The molecule has 0 aromatic rings. The monoisotopic (exact) mass is 648 g/mol. The first kappa shape index (κ1) is 11.6. The van der Waals surface area contributed by atoms with Crippen LogP contribution >= 0.6 is 0 Å². The van der Waals surface area contributed by atoms with Crippen molar-refractivity contribution in [1.29, 1.82) is 0 Å². The molecule has 0 heterocycles. The van der Waals surface area contributed by atoms with E-state index in [1.54, 1.807) is 0 Å². The molecule has 0 aliphatic rings. The molecule has 0 aliphatic heterocycles. The molecule has 0 radical (unpaired) electrons. The van der Waals surface area contributed by atoms with Gasteiger partial charge in [0, 0.05) is 0 Å². The van der Waals surface area contributed by atoms with Gasteiger partial charge in [0.05, 0.1) is 0 Å². The van der Waals surface area contributed by atoms with Crippen LogP contribution in [-0.4, -0.2) is 17.0 Å². The van der Waals surface area contributed by atoms with Crippen LogP contribution in [0.25, 0.3) is 0 Å². The van der Waals surface area contributed by atoms with E-state index in [1.807, 2.05) is 0 Å². The van der Waals surface area contributed by atoms with Gasteiger partial charge in [0.25, 0.3) is 0 Å². The van der Waals surface area contributed by atoms with Crippen LogP contribution in [0.3, 0.4) is 0 Å². The number of hydrogen-bond acceptors (Lipinski definition) is 1. The van der Waals surface area contributed by atoms with Crippen LogP contribution in [0.1, 0.15) is 13.8 Å². The Hall–Kier alpha value is 1.63. The van der Waals surface area contributed by atoms with Crippen molar-refractivity contribution in [3.63, 3.8) is 0 Å². The van der Waals surface area contributed by atoms with Crippen molar-refractivity contribution in [1.82, 2.24) is 0 Å². The number of rotatable bonds is 3. The normalized spacial score (nSPS) is 9.60. The summed E-state index contributed by atoms with van der Waals surface area (Å²) in [4.78, 5) is 0. The molecular formula is C6H8OW3. The van der Waals surface area contributed by atoms with Crippen molar-refractivity contribution in [3.05, 3.63) is 0 Å². The van der Waals surface area contributed by atoms with Crippen molar-refractivity contribution in [2.75, 3.05) is 0 Å². The van der Waals surface area contributed by atoms with Gasteiger partial charge in [0.15, 0.2) is 0 Å². The van der Waals surface area contributed by atoms with Crippen molar-refractivity contribution < 1.29 is 63.2 Å². The Labute approximate surface area is 93.8 Å².